The molecule has 1 heterocycles. The molecular formula is C18H20N2O. The number of rotatable bonds is 2. The summed E-state index contributed by atoms with van der Waals surface area (Å²) in [5, 5.41) is 0. The van der Waals surface area contributed by atoms with E-state index in [1.165, 1.54) is 11.1 Å². The van der Waals surface area contributed by atoms with E-state index < -0.39 is 0 Å². The molecule has 0 unspecified atom stereocenters. The molecule has 1 amide bonds. The van der Waals surface area contributed by atoms with Crippen LogP contribution in [0.3, 0.4) is 0 Å². The SMILES string of the molecule is Nc1ccc(CC(=O)N2CCc3ccccc3CC2)cc1. The van der Waals surface area contributed by atoms with Crippen LogP contribution in [0.1, 0.15) is 16.7 Å². The Kier molecular flexibility index (Phi) is 3.91. The number of nitrogen functional groups attached to an aromatic ring is 1. The normalized spacial score (nSPS) is 14.4. The molecule has 3 heteroatoms. The number of hydrogen-bond donors (Lipinski definition) is 1. The van der Waals surface area contributed by atoms with Gasteiger partial charge in [-0.2, -0.15) is 0 Å². The highest BCUT2D eigenvalue weighted by Crippen LogP contribution is 2.16. The Morgan fingerprint density at radius 2 is 1.52 bits per heavy atom. The summed E-state index contributed by atoms with van der Waals surface area (Å²) < 4.78 is 0. The molecule has 0 atom stereocenters. The highest BCUT2D eigenvalue weighted by atomic mass is 16.2. The van der Waals surface area contributed by atoms with Crippen molar-refractivity contribution in [2.45, 2.75) is 19.3 Å². The summed E-state index contributed by atoms with van der Waals surface area (Å²) in [5.41, 5.74) is 10.2. The van der Waals surface area contributed by atoms with Crippen molar-refractivity contribution >= 4 is 11.6 Å². The molecule has 0 fully saturated rings. The topological polar surface area (TPSA) is 46.3 Å². The van der Waals surface area contributed by atoms with Crippen LogP contribution in [0.2, 0.25) is 0 Å². The summed E-state index contributed by atoms with van der Waals surface area (Å²) in [5.74, 6) is 0.201. The fourth-order valence-corrected chi connectivity index (χ4v) is 2.84. The Balaban J connectivity index is 1.65. The number of carbonyl (C=O) groups is 1. The molecule has 0 aliphatic carbocycles. The summed E-state index contributed by atoms with van der Waals surface area (Å²) in [6.45, 7) is 1.62. The second-order valence-corrected chi connectivity index (χ2v) is 5.57. The molecule has 2 N–H and O–H groups in total. The van der Waals surface area contributed by atoms with Gasteiger partial charge in [-0.25, -0.2) is 0 Å². The van der Waals surface area contributed by atoms with Gasteiger partial charge >= 0.3 is 0 Å². The maximum atomic E-state index is 12.5. The number of fused-ring (bicyclic) bond motifs is 1. The predicted octanol–water partition coefficient (Wildman–Crippen LogP) is 2.44. The van der Waals surface area contributed by atoms with Crippen molar-refractivity contribution in [2.24, 2.45) is 0 Å². The molecule has 2 aromatic rings. The van der Waals surface area contributed by atoms with Gasteiger partial charge in [0.25, 0.3) is 0 Å². The van der Waals surface area contributed by atoms with Gasteiger partial charge in [0.1, 0.15) is 0 Å². The number of anilines is 1. The standard InChI is InChI=1S/C18H20N2O/c19-17-7-5-14(6-8-17)13-18(21)20-11-9-15-3-1-2-4-16(15)10-12-20/h1-8H,9-13,19H2. The molecule has 3 nitrogen and oxygen atoms in total. The van der Waals surface area contributed by atoms with E-state index in [4.69, 9.17) is 5.73 Å². The Hall–Kier alpha value is -2.29. The van der Waals surface area contributed by atoms with Crippen LogP contribution < -0.4 is 5.73 Å². The van der Waals surface area contributed by atoms with Gasteiger partial charge in [-0.3, -0.25) is 4.79 Å². The van der Waals surface area contributed by atoms with E-state index in [0.717, 1.165) is 37.2 Å². The Morgan fingerprint density at radius 1 is 0.952 bits per heavy atom. The molecule has 1 aliphatic rings. The third-order valence-corrected chi connectivity index (χ3v) is 4.11. The van der Waals surface area contributed by atoms with Crippen molar-refractivity contribution in [3.8, 4) is 0 Å². The number of benzene rings is 2. The minimum Gasteiger partial charge on any atom is -0.399 e. The molecule has 2 aromatic carbocycles. The fourth-order valence-electron chi connectivity index (χ4n) is 2.84. The van der Waals surface area contributed by atoms with E-state index in [0.29, 0.717) is 6.42 Å². The largest absolute Gasteiger partial charge is 0.399 e. The van der Waals surface area contributed by atoms with Crippen LogP contribution in [0.4, 0.5) is 5.69 Å². The van der Waals surface area contributed by atoms with Crippen molar-refractivity contribution in [1.29, 1.82) is 0 Å². The summed E-state index contributed by atoms with van der Waals surface area (Å²) in [4.78, 5) is 14.4. The van der Waals surface area contributed by atoms with Crippen LogP contribution in [0, 0.1) is 0 Å². The van der Waals surface area contributed by atoms with E-state index >= 15 is 0 Å². The van der Waals surface area contributed by atoms with Gasteiger partial charge in [0, 0.05) is 18.8 Å². The van der Waals surface area contributed by atoms with Crippen molar-refractivity contribution in [2.75, 3.05) is 18.8 Å². The minimum atomic E-state index is 0.201. The van der Waals surface area contributed by atoms with Gasteiger partial charge in [0.05, 0.1) is 6.42 Å². The van der Waals surface area contributed by atoms with Crippen LogP contribution in [-0.4, -0.2) is 23.9 Å². The van der Waals surface area contributed by atoms with Crippen LogP contribution in [0.25, 0.3) is 0 Å². The zero-order chi connectivity index (χ0) is 14.7. The number of amides is 1. The van der Waals surface area contributed by atoms with E-state index in [2.05, 4.69) is 24.3 Å². The molecule has 108 valence electrons. The lowest BCUT2D eigenvalue weighted by Gasteiger charge is -2.20. The molecule has 0 aromatic heterocycles. The lowest BCUT2D eigenvalue weighted by atomic mass is 10.0. The smallest absolute Gasteiger partial charge is 0.227 e. The van der Waals surface area contributed by atoms with Crippen LogP contribution in [-0.2, 0) is 24.1 Å². The zero-order valence-corrected chi connectivity index (χ0v) is 12.1. The second-order valence-electron chi connectivity index (χ2n) is 5.57. The molecule has 21 heavy (non-hydrogen) atoms. The van der Waals surface area contributed by atoms with Crippen molar-refractivity contribution in [1.82, 2.24) is 4.90 Å². The Labute approximate surface area is 125 Å². The first-order valence-corrected chi connectivity index (χ1v) is 7.41. The van der Waals surface area contributed by atoms with Gasteiger partial charge in [-0.1, -0.05) is 36.4 Å². The fraction of sp³-hybridized carbons (Fsp3) is 0.278. The molecule has 0 saturated carbocycles. The summed E-state index contributed by atoms with van der Waals surface area (Å²) in [6, 6.07) is 16.0. The maximum Gasteiger partial charge on any atom is 0.227 e. The first-order valence-electron chi connectivity index (χ1n) is 7.41. The predicted molar refractivity (Wildman–Crippen MR) is 85.0 cm³/mol. The van der Waals surface area contributed by atoms with E-state index in [1.54, 1.807) is 0 Å². The van der Waals surface area contributed by atoms with Crippen molar-refractivity contribution < 1.29 is 4.79 Å². The number of carbonyl (C=O) groups excluding carboxylic acids is 1. The van der Waals surface area contributed by atoms with E-state index in [9.17, 15) is 4.79 Å². The van der Waals surface area contributed by atoms with Crippen molar-refractivity contribution in [3.05, 3.63) is 65.2 Å². The molecule has 0 saturated heterocycles. The summed E-state index contributed by atoms with van der Waals surface area (Å²) >= 11 is 0. The summed E-state index contributed by atoms with van der Waals surface area (Å²) in [7, 11) is 0. The molecule has 0 spiro atoms. The van der Waals surface area contributed by atoms with Gasteiger partial charge in [0.2, 0.25) is 5.91 Å². The lowest BCUT2D eigenvalue weighted by Crippen LogP contribution is -2.34. The highest BCUT2D eigenvalue weighted by molar-refractivity contribution is 5.79. The number of nitrogens with two attached hydrogens (primary N) is 1. The van der Waals surface area contributed by atoms with E-state index in [1.807, 2.05) is 29.2 Å². The van der Waals surface area contributed by atoms with Crippen LogP contribution in [0.5, 0.6) is 0 Å². The third kappa shape index (κ3) is 3.24. The number of nitrogens with zero attached hydrogens (tertiary/aromatic N) is 1. The zero-order valence-electron chi connectivity index (χ0n) is 12.1. The third-order valence-electron chi connectivity index (χ3n) is 4.11. The molecular weight excluding hydrogens is 260 g/mol. The van der Waals surface area contributed by atoms with Crippen LogP contribution >= 0.6 is 0 Å². The van der Waals surface area contributed by atoms with Gasteiger partial charge in [-0.05, 0) is 41.7 Å². The average Bonchev–Trinajstić information content (AvgIpc) is 2.72. The van der Waals surface area contributed by atoms with Gasteiger partial charge in [-0.15, -0.1) is 0 Å². The van der Waals surface area contributed by atoms with Crippen molar-refractivity contribution in [3.63, 3.8) is 0 Å². The number of hydrogen-bond acceptors (Lipinski definition) is 2. The van der Waals surface area contributed by atoms with Gasteiger partial charge < -0.3 is 10.6 Å². The summed E-state index contributed by atoms with van der Waals surface area (Å²) in [6.07, 6.45) is 2.35. The molecule has 1 aliphatic heterocycles. The van der Waals surface area contributed by atoms with Crippen LogP contribution in [0.15, 0.2) is 48.5 Å². The first-order chi connectivity index (χ1) is 10.2. The second kappa shape index (κ2) is 6.00. The minimum absolute atomic E-state index is 0.201. The molecule has 3 rings (SSSR count). The molecule has 0 radical (unpaired) electrons. The lowest BCUT2D eigenvalue weighted by molar-refractivity contribution is -0.130. The Morgan fingerprint density at radius 3 is 2.10 bits per heavy atom. The quantitative estimate of drug-likeness (QED) is 0.859. The monoisotopic (exact) mass is 280 g/mol. The highest BCUT2D eigenvalue weighted by Gasteiger charge is 2.18. The first kappa shape index (κ1) is 13.7. The van der Waals surface area contributed by atoms with E-state index in [-0.39, 0.29) is 5.91 Å². The van der Waals surface area contributed by atoms with Gasteiger partial charge in [0.15, 0.2) is 0 Å². The Bertz CT molecular complexity index is 607. The molecule has 0 bridgehead atoms. The average molecular weight is 280 g/mol. The maximum absolute atomic E-state index is 12.5.